The second-order valence-electron chi connectivity index (χ2n) is 5.81. The fourth-order valence-electron chi connectivity index (χ4n) is 2.94. The molecule has 132 valence electrons. The van der Waals surface area contributed by atoms with E-state index in [1.807, 2.05) is 30.5 Å². The van der Waals surface area contributed by atoms with Gasteiger partial charge in [-0.1, -0.05) is 24.3 Å². The highest BCUT2D eigenvalue weighted by Gasteiger charge is 2.39. The molecule has 2 aromatic carbocycles. The van der Waals surface area contributed by atoms with Gasteiger partial charge in [-0.3, -0.25) is 4.79 Å². The summed E-state index contributed by atoms with van der Waals surface area (Å²) >= 11 is 1.59. The molecule has 0 spiro atoms. The van der Waals surface area contributed by atoms with Gasteiger partial charge in [-0.25, -0.2) is 8.42 Å². The standard InChI is InChI=1S/C18H20N2O3S2/c1-24-15-8-5-7-14(13-15)19-18(21)17-11-6-12-20(17)25(22,23)16-9-3-2-4-10-16/h2-5,7-10,13,17H,6,11-12H2,1H3,(H,19,21)/t17-/m1/s1. The van der Waals surface area contributed by atoms with E-state index in [0.29, 0.717) is 25.1 Å². The first-order valence-electron chi connectivity index (χ1n) is 8.04. The van der Waals surface area contributed by atoms with E-state index in [-0.39, 0.29) is 10.8 Å². The van der Waals surface area contributed by atoms with Gasteiger partial charge in [0.05, 0.1) is 4.90 Å². The van der Waals surface area contributed by atoms with E-state index >= 15 is 0 Å². The van der Waals surface area contributed by atoms with Gasteiger partial charge in [0, 0.05) is 17.1 Å². The van der Waals surface area contributed by atoms with Gasteiger partial charge >= 0.3 is 0 Å². The highest BCUT2D eigenvalue weighted by atomic mass is 32.2. The van der Waals surface area contributed by atoms with E-state index in [1.54, 1.807) is 42.1 Å². The Labute approximate surface area is 152 Å². The Kier molecular flexibility index (Phi) is 5.46. The van der Waals surface area contributed by atoms with Crippen LogP contribution in [0, 0.1) is 0 Å². The van der Waals surface area contributed by atoms with Crippen LogP contribution in [0.2, 0.25) is 0 Å². The number of sulfonamides is 1. The van der Waals surface area contributed by atoms with E-state index in [4.69, 9.17) is 0 Å². The molecule has 1 fully saturated rings. The van der Waals surface area contributed by atoms with E-state index in [9.17, 15) is 13.2 Å². The third-order valence-electron chi connectivity index (χ3n) is 4.19. The van der Waals surface area contributed by atoms with Crippen LogP contribution < -0.4 is 5.32 Å². The molecule has 1 amide bonds. The molecule has 3 rings (SSSR count). The Morgan fingerprint density at radius 3 is 2.64 bits per heavy atom. The number of carbonyl (C=O) groups excluding carboxylic acids is 1. The molecule has 1 atom stereocenters. The van der Waals surface area contributed by atoms with E-state index in [2.05, 4.69) is 5.32 Å². The van der Waals surface area contributed by atoms with Crippen molar-refractivity contribution in [1.29, 1.82) is 0 Å². The summed E-state index contributed by atoms with van der Waals surface area (Å²) in [5.74, 6) is -0.282. The van der Waals surface area contributed by atoms with Crippen molar-refractivity contribution >= 4 is 33.4 Å². The van der Waals surface area contributed by atoms with E-state index in [0.717, 1.165) is 4.90 Å². The maximum absolute atomic E-state index is 12.8. The Bertz CT molecular complexity index is 854. The zero-order valence-corrected chi connectivity index (χ0v) is 15.5. The highest BCUT2D eigenvalue weighted by molar-refractivity contribution is 7.98. The van der Waals surface area contributed by atoms with Crippen molar-refractivity contribution in [3.05, 3.63) is 54.6 Å². The van der Waals surface area contributed by atoms with Crippen LogP contribution in [0.25, 0.3) is 0 Å². The van der Waals surface area contributed by atoms with E-state index < -0.39 is 16.1 Å². The fraction of sp³-hybridized carbons (Fsp3) is 0.278. The first-order valence-corrected chi connectivity index (χ1v) is 10.7. The lowest BCUT2D eigenvalue weighted by atomic mass is 10.2. The molecule has 25 heavy (non-hydrogen) atoms. The number of benzene rings is 2. The van der Waals surface area contributed by atoms with Crippen LogP contribution in [0.1, 0.15) is 12.8 Å². The number of rotatable bonds is 5. The molecule has 0 unspecified atom stereocenters. The smallest absolute Gasteiger partial charge is 0.243 e. The molecular weight excluding hydrogens is 356 g/mol. The molecule has 1 aliphatic heterocycles. The Morgan fingerprint density at radius 2 is 1.92 bits per heavy atom. The number of carbonyl (C=O) groups is 1. The maximum Gasteiger partial charge on any atom is 0.243 e. The summed E-state index contributed by atoms with van der Waals surface area (Å²) in [5, 5.41) is 2.85. The molecule has 0 aliphatic carbocycles. The average Bonchev–Trinajstić information content (AvgIpc) is 3.13. The molecular formula is C18H20N2O3S2. The molecule has 0 saturated carbocycles. The Morgan fingerprint density at radius 1 is 1.16 bits per heavy atom. The van der Waals surface area contributed by atoms with Crippen LogP contribution >= 0.6 is 11.8 Å². The van der Waals surface area contributed by atoms with Crippen LogP contribution in [-0.4, -0.2) is 37.5 Å². The second-order valence-corrected chi connectivity index (χ2v) is 8.58. The second kappa shape index (κ2) is 7.59. The fourth-order valence-corrected chi connectivity index (χ4v) is 5.08. The normalized spacial score (nSPS) is 18.2. The first-order chi connectivity index (χ1) is 12.0. The largest absolute Gasteiger partial charge is 0.325 e. The molecule has 2 aromatic rings. The monoisotopic (exact) mass is 376 g/mol. The van der Waals surface area contributed by atoms with Gasteiger partial charge in [0.2, 0.25) is 15.9 Å². The molecule has 0 bridgehead atoms. The number of hydrogen-bond acceptors (Lipinski definition) is 4. The first kappa shape index (κ1) is 18.0. The summed E-state index contributed by atoms with van der Waals surface area (Å²) in [6, 6.07) is 15.1. The average molecular weight is 377 g/mol. The number of thioether (sulfide) groups is 1. The van der Waals surface area contributed by atoms with Crippen LogP contribution in [0.4, 0.5) is 5.69 Å². The summed E-state index contributed by atoms with van der Waals surface area (Å²) in [6.07, 6.45) is 3.17. The van der Waals surface area contributed by atoms with Gasteiger partial charge in [-0.15, -0.1) is 11.8 Å². The summed E-state index contributed by atoms with van der Waals surface area (Å²) in [7, 11) is -3.67. The highest BCUT2D eigenvalue weighted by Crippen LogP contribution is 2.27. The topological polar surface area (TPSA) is 66.5 Å². The summed E-state index contributed by atoms with van der Waals surface area (Å²) in [6.45, 7) is 0.361. The minimum absolute atomic E-state index is 0.221. The molecule has 5 nitrogen and oxygen atoms in total. The van der Waals surface area contributed by atoms with Crippen molar-refractivity contribution in [2.75, 3.05) is 18.1 Å². The number of hydrogen-bond donors (Lipinski definition) is 1. The molecule has 0 aromatic heterocycles. The van der Waals surface area contributed by atoms with Crippen molar-refractivity contribution < 1.29 is 13.2 Å². The summed E-state index contributed by atoms with van der Waals surface area (Å²) in [5.41, 5.74) is 0.681. The SMILES string of the molecule is CSc1cccc(NC(=O)[C@H]2CCCN2S(=O)(=O)c2ccccc2)c1. The van der Waals surface area contributed by atoms with Gasteiger partial charge in [0.15, 0.2) is 0 Å². The zero-order chi connectivity index (χ0) is 17.9. The number of nitrogens with one attached hydrogen (secondary N) is 1. The van der Waals surface area contributed by atoms with Crippen LogP contribution in [0.5, 0.6) is 0 Å². The van der Waals surface area contributed by atoms with Gasteiger partial charge in [-0.05, 0) is 49.4 Å². The minimum Gasteiger partial charge on any atom is -0.325 e. The van der Waals surface area contributed by atoms with Gasteiger partial charge < -0.3 is 5.32 Å². The number of nitrogens with zero attached hydrogens (tertiary/aromatic N) is 1. The molecule has 1 N–H and O–H groups in total. The molecule has 1 aliphatic rings. The quantitative estimate of drug-likeness (QED) is 0.814. The van der Waals surface area contributed by atoms with Gasteiger partial charge in [-0.2, -0.15) is 4.31 Å². The number of anilines is 1. The lowest BCUT2D eigenvalue weighted by Gasteiger charge is -2.23. The summed E-state index contributed by atoms with van der Waals surface area (Å²) < 4.78 is 27.0. The van der Waals surface area contributed by atoms with Crippen molar-refractivity contribution in [1.82, 2.24) is 4.31 Å². The number of amides is 1. The maximum atomic E-state index is 12.8. The molecule has 0 radical (unpaired) electrons. The van der Waals surface area contributed by atoms with Crippen LogP contribution in [0.15, 0.2) is 64.4 Å². The molecule has 7 heteroatoms. The van der Waals surface area contributed by atoms with Crippen LogP contribution in [-0.2, 0) is 14.8 Å². The third kappa shape index (κ3) is 3.89. The Hall–Kier alpha value is -1.83. The van der Waals surface area contributed by atoms with Crippen LogP contribution in [0.3, 0.4) is 0 Å². The lowest BCUT2D eigenvalue weighted by Crippen LogP contribution is -2.43. The van der Waals surface area contributed by atoms with Crippen molar-refractivity contribution in [2.45, 2.75) is 28.7 Å². The predicted molar refractivity (Wildman–Crippen MR) is 100 cm³/mol. The predicted octanol–water partition coefficient (Wildman–Crippen LogP) is 3.20. The zero-order valence-electron chi connectivity index (χ0n) is 13.9. The van der Waals surface area contributed by atoms with Gasteiger partial charge in [0.25, 0.3) is 0 Å². The summed E-state index contributed by atoms with van der Waals surface area (Å²) in [4.78, 5) is 13.9. The van der Waals surface area contributed by atoms with Crippen molar-refractivity contribution in [2.24, 2.45) is 0 Å². The minimum atomic E-state index is -3.67. The van der Waals surface area contributed by atoms with Crippen molar-refractivity contribution in [3.63, 3.8) is 0 Å². The Balaban J connectivity index is 1.80. The molecule has 1 heterocycles. The van der Waals surface area contributed by atoms with Gasteiger partial charge in [0.1, 0.15) is 6.04 Å². The van der Waals surface area contributed by atoms with Crippen molar-refractivity contribution in [3.8, 4) is 0 Å². The third-order valence-corrected chi connectivity index (χ3v) is 6.84. The lowest BCUT2D eigenvalue weighted by molar-refractivity contribution is -0.119. The van der Waals surface area contributed by atoms with E-state index in [1.165, 1.54) is 4.31 Å². The molecule has 1 saturated heterocycles.